The van der Waals surface area contributed by atoms with Crippen molar-refractivity contribution in [3.05, 3.63) is 10.6 Å². The molecule has 0 radical (unpaired) electrons. The molecule has 6 heteroatoms. The molecule has 1 rings (SSSR count). The molecule has 20 heavy (non-hydrogen) atoms. The number of carbonyl (C=O) groups excluding carboxylic acids is 1. The third-order valence-electron chi connectivity index (χ3n) is 3.47. The quantitative estimate of drug-likeness (QED) is 0.836. The minimum Gasteiger partial charge on any atom is -0.354 e. The number of anilines is 1. The van der Waals surface area contributed by atoms with E-state index in [1.807, 2.05) is 25.9 Å². The number of aromatic nitrogens is 1. The molecule has 0 aliphatic rings. The lowest BCUT2D eigenvalue weighted by Gasteiger charge is -2.23. The van der Waals surface area contributed by atoms with Crippen molar-refractivity contribution in [1.82, 2.24) is 15.2 Å². The van der Waals surface area contributed by atoms with E-state index in [1.165, 1.54) is 11.3 Å². The second kappa shape index (κ2) is 7.59. The molecule has 0 unspecified atom stereocenters. The minimum absolute atomic E-state index is 0.0225. The van der Waals surface area contributed by atoms with Crippen molar-refractivity contribution < 1.29 is 4.79 Å². The van der Waals surface area contributed by atoms with Gasteiger partial charge in [-0.15, -0.1) is 0 Å². The van der Waals surface area contributed by atoms with Gasteiger partial charge in [0, 0.05) is 33.2 Å². The zero-order valence-electron chi connectivity index (χ0n) is 13.4. The molecule has 0 spiro atoms. The number of amides is 1. The second-order valence-corrected chi connectivity index (χ2v) is 6.28. The van der Waals surface area contributed by atoms with E-state index in [9.17, 15) is 4.79 Å². The molecule has 5 nitrogen and oxygen atoms in total. The number of nitrogens with zero attached hydrogens (tertiary/aromatic N) is 3. The fourth-order valence-corrected chi connectivity index (χ4v) is 2.65. The van der Waals surface area contributed by atoms with Crippen LogP contribution < -0.4 is 10.2 Å². The van der Waals surface area contributed by atoms with Gasteiger partial charge in [0.05, 0.1) is 5.69 Å². The van der Waals surface area contributed by atoms with Gasteiger partial charge in [0.2, 0.25) is 0 Å². The number of nitrogens with one attached hydrogen (secondary N) is 1. The molecular weight excluding hydrogens is 272 g/mol. The number of aryl methyl sites for hydroxylation is 1. The largest absolute Gasteiger partial charge is 0.354 e. The molecule has 0 bridgehead atoms. The van der Waals surface area contributed by atoms with Gasteiger partial charge >= 0.3 is 0 Å². The summed E-state index contributed by atoms with van der Waals surface area (Å²) in [6.07, 6.45) is 1.12. The van der Waals surface area contributed by atoms with Gasteiger partial charge in [-0.1, -0.05) is 18.3 Å². The standard InChI is InChI=1S/C14H26N4OS/c1-7-10(2)18(6)9-8-15-13(19)12-11(3)16-14(20-12)17(4)5/h10H,7-9H2,1-6H3,(H,15,19)/t10-/m1/s1. The molecule has 1 N–H and O–H groups in total. The average molecular weight is 298 g/mol. The Morgan fingerprint density at radius 3 is 2.55 bits per heavy atom. The third kappa shape index (κ3) is 4.45. The van der Waals surface area contributed by atoms with E-state index in [-0.39, 0.29) is 5.91 Å². The molecule has 114 valence electrons. The first-order valence-corrected chi connectivity index (χ1v) is 7.81. The smallest absolute Gasteiger partial charge is 0.263 e. The van der Waals surface area contributed by atoms with Crippen LogP contribution in [-0.2, 0) is 0 Å². The first-order valence-electron chi connectivity index (χ1n) is 7.00. The lowest BCUT2D eigenvalue weighted by molar-refractivity contribution is 0.0950. The Bertz CT molecular complexity index is 444. The van der Waals surface area contributed by atoms with E-state index >= 15 is 0 Å². The van der Waals surface area contributed by atoms with Crippen LogP contribution in [0.25, 0.3) is 0 Å². The fourth-order valence-electron chi connectivity index (χ4n) is 1.74. The van der Waals surface area contributed by atoms with E-state index in [4.69, 9.17) is 0 Å². The molecule has 1 atom stereocenters. The van der Waals surface area contributed by atoms with Crippen LogP contribution in [-0.4, -0.2) is 56.1 Å². The number of carbonyl (C=O) groups is 1. The second-order valence-electron chi connectivity index (χ2n) is 5.30. The summed E-state index contributed by atoms with van der Waals surface area (Å²) >= 11 is 1.43. The SMILES string of the molecule is CC[C@@H](C)N(C)CCNC(=O)c1sc(N(C)C)nc1C. The molecular formula is C14H26N4OS. The van der Waals surface area contributed by atoms with E-state index in [1.54, 1.807) is 0 Å². The summed E-state index contributed by atoms with van der Waals surface area (Å²) in [6.45, 7) is 7.76. The van der Waals surface area contributed by atoms with E-state index in [2.05, 4.69) is 36.1 Å². The Balaban J connectivity index is 2.51. The third-order valence-corrected chi connectivity index (χ3v) is 4.79. The molecule has 1 amide bonds. The van der Waals surface area contributed by atoms with Gasteiger partial charge in [-0.25, -0.2) is 4.98 Å². The van der Waals surface area contributed by atoms with Crippen LogP contribution in [0.5, 0.6) is 0 Å². The fraction of sp³-hybridized carbons (Fsp3) is 0.714. The van der Waals surface area contributed by atoms with Crippen LogP contribution in [0.15, 0.2) is 0 Å². The topological polar surface area (TPSA) is 48.5 Å². The maximum absolute atomic E-state index is 12.1. The Hall–Kier alpha value is -1.14. The number of hydrogen-bond donors (Lipinski definition) is 1. The Morgan fingerprint density at radius 2 is 2.05 bits per heavy atom. The molecule has 0 fully saturated rings. The molecule has 1 aromatic heterocycles. The van der Waals surface area contributed by atoms with Crippen molar-refractivity contribution in [3.63, 3.8) is 0 Å². The summed E-state index contributed by atoms with van der Waals surface area (Å²) in [4.78, 5) is 21.4. The normalized spacial score (nSPS) is 12.6. The van der Waals surface area contributed by atoms with E-state index in [0.29, 0.717) is 17.5 Å². The maximum Gasteiger partial charge on any atom is 0.263 e. The lowest BCUT2D eigenvalue weighted by Crippen LogP contribution is -2.37. The van der Waals surface area contributed by atoms with Crippen molar-refractivity contribution in [1.29, 1.82) is 0 Å². The number of thiazole rings is 1. The van der Waals surface area contributed by atoms with Crippen LogP contribution in [0, 0.1) is 6.92 Å². The molecule has 0 aliphatic heterocycles. The predicted octanol–water partition coefficient (Wildman–Crippen LogP) is 1.98. The zero-order valence-corrected chi connectivity index (χ0v) is 14.2. The Labute approximate surface area is 126 Å². The monoisotopic (exact) mass is 298 g/mol. The summed E-state index contributed by atoms with van der Waals surface area (Å²) in [7, 11) is 5.95. The van der Waals surface area contributed by atoms with Gasteiger partial charge in [0.1, 0.15) is 4.88 Å². The van der Waals surface area contributed by atoms with Crippen molar-refractivity contribution in [2.24, 2.45) is 0 Å². The minimum atomic E-state index is -0.0225. The van der Waals surface area contributed by atoms with Crippen LogP contribution >= 0.6 is 11.3 Å². The number of rotatable bonds is 7. The van der Waals surface area contributed by atoms with Gasteiger partial charge in [-0.05, 0) is 27.3 Å². The van der Waals surface area contributed by atoms with Crippen LogP contribution in [0.2, 0.25) is 0 Å². The van der Waals surface area contributed by atoms with Gasteiger partial charge < -0.3 is 15.1 Å². The van der Waals surface area contributed by atoms with Crippen molar-refractivity contribution in [2.45, 2.75) is 33.2 Å². The van der Waals surface area contributed by atoms with Gasteiger partial charge in [0.25, 0.3) is 5.91 Å². The highest BCUT2D eigenvalue weighted by molar-refractivity contribution is 7.17. The average Bonchev–Trinajstić information content (AvgIpc) is 2.79. The summed E-state index contributed by atoms with van der Waals surface area (Å²) in [5, 5.41) is 3.84. The van der Waals surface area contributed by atoms with Gasteiger partial charge in [-0.2, -0.15) is 0 Å². The highest BCUT2D eigenvalue weighted by Crippen LogP contribution is 2.24. The molecule has 0 aliphatic carbocycles. The summed E-state index contributed by atoms with van der Waals surface area (Å²) in [5.74, 6) is -0.0225. The van der Waals surface area contributed by atoms with Crippen molar-refractivity contribution in [3.8, 4) is 0 Å². The summed E-state index contributed by atoms with van der Waals surface area (Å²) in [6, 6.07) is 0.539. The molecule has 1 aromatic rings. The predicted molar refractivity (Wildman–Crippen MR) is 85.9 cm³/mol. The Kier molecular flexibility index (Phi) is 6.42. The molecule has 1 heterocycles. The highest BCUT2D eigenvalue weighted by Gasteiger charge is 2.16. The van der Waals surface area contributed by atoms with Crippen LogP contribution in [0.4, 0.5) is 5.13 Å². The number of hydrogen-bond acceptors (Lipinski definition) is 5. The van der Waals surface area contributed by atoms with Crippen molar-refractivity contribution >= 4 is 22.4 Å². The van der Waals surface area contributed by atoms with E-state index in [0.717, 1.165) is 23.8 Å². The molecule has 0 saturated heterocycles. The van der Waals surface area contributed by atoms with Gasteiger partial charge in [-0.3, -0.25) is 4.79 Å². The van der Waals surface area contributed by atoms with Crippen LogP contribution in [0.3, 0.4) is 0 Å². The molecule has 0 saturated carbocycles. The summed E-state index contributed by atoms with van der Waals surface area (Å²) in [5.41, 5.74) is 0.798. The Morgan fingerprint density at radius 1 is 1.40 bits per heavy atom. The number of likely N-dealkylation sites (N-methyl/N-ethyl adjacent to an activating group) is 1. The maximum atomic E-state index is 12.1. The summed E-state index contributed by atoms with van der Waals surface area (Å²) < 4.78 is 0. The first-order chi connectivity index (χ1) is 9.36. The van der Waals surface area contributed by atoms with Gasteiger partial charge in [0.15, 0.2) is 5.13 Å². The molecule has 0 aromatic carbocycles. The van der Waals surface area contributed by atoms with Crippen LogP contribution in [0.1, 0.15) is 35.6 Å². The van der Waals surface area contributed by atoms with E-state index < -0.39 is 0 Å². The zero-order chi connectivity index (χ0) is 15.3. The lowest BCUT2D eigenvalue weighted by atomic mass is 10.2. The first kappa shape index (κ1) is 16.9. The highest BCUT2D eigenvalue weighted by atomic mass is 32.1. The van der Waals surface area contributed by atoms with Crippen molar-refractivity contribution in [2.75, 3.05) is 39.1 Å².